The summed E-state index contributed by atoms with van der Waals surface area (Å²) in [4.78, 5) is 17.5. The molecular weight excluding hydrogens is 258 g/mol. The molecule has 2 fully saturated rings. The molecule has 1 saturated carbocycles. The largest absolute Gasteiger partial charge is 0.481 e. The number of carboxylic acid groups (broad SMARTS) is 1. The van der Waals surface area contributed by atoms with Crippen molar-refractivity contribution in [3.63, 3.8) is 0 Å². The molecule has 20 heavy (non-hydrogen) atoms. The lowest BCUT2D eigenvalue weighted by Crippen LogP contribution is -2.39. The fraction of sp³-hybridized carbons (Fsp3) is 0.786. The second kappa shape index (κ2) is 5.91. The first kappa shape index (κ1) is 13.5. The van der Waals surface area contributed by atoms with E-state index in [1.54, 1.807) is 0 Å². The standard InChI is InChI=1S/C14H21N3O3/c18-13(19)7-6-11-3-1-2-8-17(11)9-12-15-14(20-16-12)10-4-5-10/h10-11H,1-9H2,(H,18,19). The van der Waals surface area contributed by atoms with Gasteiger partial charge in [0.25, 0.3) is 0 Å². The molecular formula is C14H21N3O3. The maximum Gasteiger partial charge on any atom is 0.303 e. The van der Waals surface area contributed by atoms with Crippen LogP contribution in [0.5, 0.6) is 0 Å². The van der Waals surface area contributed by atoms with Crippen molar-refractivity contribution in [2.75, 3.05) is 6.54 Å². The van der Waals surface area contributed by atoms with Crippen molar-refractivity contribution in [2.45, 2.75) is 63.5 Å². The minimum atomic E-state index is -0.717. The van der Waals surface area contributed by atoms with Crippen molar-refractivity contribution in [1.82, 2.24) is 15.0 Å². The zero-order valence-electron chi connectivity index (χ0n) is 11.6. The van der Waals surface area contributed by atoms with Crippen LogP contribution in [0.2, 0.25) is 0 Å². The van der Waals surface area contributed by atoms with E-state index >= 15 is 0 Å². The lowest BCUT2D eigenvalue weighted by atomic mass is 9.98. The Morgan fingerprint density at radius 3 is 2.95 bits per heavy atom. The molecule has 1 aromatic heterocycles. The summed E-state index contributed by atoms with van der Waals surface area (Å²) in [6, 6.07) is 0.336. The van der Waals surface area contributed by atoms with Gasteiger partial charge in [-0.2, -0.15) is 4.98 Å². The molecule has 1 saturated heterocycles. The lowest BCUT2D eigenvalue weighted by Gasteiger charge is -2.34. The van der Waals surface area contributed by atoms with E-state index in [-0.39, 0.29) is 6.42 Å². The Morgan fingerprint density at radius 2 is 2.20 bits per heavy atom. The number of aromatic nitrogens is 2. The van der Waals surface area contributed by atoms with Crippen LogP contribution in [-0.4, -0.2) is 38.7 Å². The Kier molecular flexibility index (Phi) is 4.00. The van der Waals surface area contributed by atoms with Gasteiger partial charge in [-0.25, -0.2) is 0 Å². The highest BCUT2D eigenvalue weighted by atomic mass is 16.5. The van der Waals surface area contributed by atoms with E-state index in [0.717, 1.165) is 43.9 Å². The van der Waals surface area contributed by atoms with Gasteiger partial charge in [-0.05, 0) is 38.6 Å². The van der Waals surface area contributed by atoms with E-state index in [9.17, 15) is 4.79 Å². The molecule has 0 amide bonds. The number of nitrogens with zero attached hydrogens (tertiary/aromatic N) is 3. The number of carboxylic acids is 1. The lowest BCUT2D eigenvalue weighted by molar-refractivity contribution is -0.137. The Balaban J connectivity index is 1.58. The van der Waals surface area contributed by atoms with Crippen molar-refractivity contribution in [3.05, 3.63) is 11.7 Å². The second-order valence-electron chi connectivity index (χ2n) is 5.88. The maximum atomic E-state index is 10.7. The molecule has 1 N–H and O–H groups in total. The number of rotatable bonds is 6. The topological polar surface area (TPSA) is 79.5 Å². The van der Waals surface area contributed by atoms with Crippen molar-refractivity contribution in [1.29, 1.82) is 0 Å². The van der Waals surface area contributed by atoms with Gasteiger partial charge in [0.05, 0.1) is 6.54 Å². The fourth-order valence-electron chi connectivity index (χ4n) is 2.89. The van der Waals surface area contributed by atoms with Crippen LogP contribution < -0.4 is 0 Å². The molecule has 0 spiro atoms. The summed E-state index contributed by atoms with van der Waals surface area (Å²) in [5.74, 6) is 1.29. The molecule has 0 bridgehead atoms. The number of hydrogen-bond donors (Lipinski definition) is 1. The van der Waals surface area contributed by atoms with Gasteiger partial charge in [0.1, 0.15) is 0 Å². The highest BCUT2D eigenvalue weighted by Crippen LogP contribution is 2.38. The molecule has 2 aliphatic rings. The van der Waals surface area contributed by atoms with Gasteiger partial charge in [-0.15, -0.1) is 0 Å². The highest BCUT2D eigenvalue weighted by molar-refractivity contribution is 5.66. The summed E-state index contributed by atoms with van der Waals surface area (Å²) < 4.78 is 5.28. The number of piperidine rings is 1. The number of aliphatic carboxylic acids is 1. The zero-order valence-corrected chi connectivity index (χ0v) is 11.6. The SMILES string of the molecule is O=C(O)CCC1CCCCN1Cc1noc(C2CC2)n1. The van der Waals surface area contributed by atoms with Gasteiger partial charge < -0.3 is 9.63 Å². The first-order valence-corrected chi connectivity index (χ1v) is 7.50. The average molecular weight is 279 g/mol. The van der Waals surface area contributed by atoms with Crippen LogP contribution in [-0.2, 0) is 11.3 Å². The van der Waals surface area contributed by atoms with Gasteiger partial charge in [0.15, 0.2) is 5.82 Å². The zero-order chi connectivity index (χ0) is 13.9. The predicted molar refractivity (Wildman–Crippen MR) is 71.2 cm³/mol. The van der Waals surface area contributed by atoms with E-state index in [2.05, 4.69) is 15.0 Å². The normalized spacial score (nSPS) is 23.9. The number of hydrogen-bond acceptors (Lipinski definition) is 5. The van der Waals surface area contributed by atoms with Crippen LogP contribution in [0.3, 0.4) is 0 Å². The van der Waals surface area contributed by atoms with Crippen molar-refractivity contribution in [3.8, 4) is 0 Å². The molecule has 3 rings (SSSR count). The molecule has 110 valence electrons. The minimum absolute atomic E-state index is 0.237. The quantitative estimate of drug-likeness (QED) is 0.859. The number of carbonyl (C=O) groups is 1. The molecule has 0 radical (unpaired) electrons. The van der Waals surface area contributed by atoms with Crippen molar-refractivity contribution >= 4 is 5.97 Å². The van der Waals surface area contributed by atoms with Gasteiger partial charge in [-0.3, -0.25) is 9.69 Å². The fourth-order valence-corrected chi connectivity index (χ4v) is 2.89. The third-order valence-corrected chi connectivity index (χ3v) is 4.20. The Bertz CT molecular complexity index is 470. The third-order valence-electron chi connectivity index (χ3n) is 4.20. The molecule has 6 heteroatoms. The van der Waals surface area contributed by atoms with E-state index in [1.165, 1.54) is 6.42 Å². The van der Waals surface area contributed by atoms with Gasteiger partial charge in [0, 0.05) is 18.4 Å². The van der Waals surface area contributed by atoms with Crippen molar-refractivity contribution in [2.24, 2.45) is 0 Å². The van der Waals surface area contributed by atoms with E-state index in [1.807, 2.05) is 0 Å². The summed E-state index contributed by atoms with van der Waals surface area (Å²) in [5, 5.41) is 12.9. The summed E-state index contributed by atoms with van der Waals surface area (Å²) in [6.07, 6.45) is 6.68. The molecule has 1 aliphatic heterocycles. The first-order chi connectivity index (χ1) is 9.72. The Morgan fingerprint density at radius 1 is 1.35 bits per heavy atom. The summed E-state index contributed by atoms with van der Waals surface area (Å²) in [6.45, 7) is 1.68. The predicted octanol–water partition coefficient (Wildman–Crippen LogP) is 2.17. The van der Waals surface area contributed by atoms with Crippen LogP contribution in [0.1, 0.15) is 62.6 Å². The summed E-state index contributed by atoms with van der Waals surface area (Å²) in [5.41, 5.74) is 0. The summed E-state index contributed by atoms with van der Waals surface area (Å²) in [7, 11) is 0. The Hall–Kier alpha value is -1.43. The van der Waals surface area contributed by atoms with Crippen LogP contribution in [0, 0.1) is 0 Å². The minimum Gasteiger partial charge on any atom is -0.481 e. The molecule has 1 unspecified atom stereocenters. The molecule has 0 aromatic carbocycles. The van der Waals surface area contributed by atoms with E-state index in [0.29, 0.717) is 24.9 Å². The average Bonchev–Trinajstić information content (AvgIpc) is 3.18. The Labute approximate surface area is 118 Å². The van der Waals surface area contributed by atoms with Gasteiger partial charge in [-0.1, -0.05) is 11.6 Å². The highest BCUT2D eigenvalue weighted by Gasteiger charge is 2.30. The van der Waals surface area contributed by atoms with E-state index in [4.69, 9.17) is 9.63 Å². The number of likely N-dealkylation sites (tertiary alicyclic amines) is 1. The maximum absolute atomic E-state index is 10.7. The second-order valence-corrected chi connectivity index (χ2v) is 5.88. The molecule has 6 nitrogen and oxygen atoms in total. The van der Waals surface area contributed by atoms with Crippen molar-refractivity contribution < 1.29 is 14.4 Å². The van der Waals surface area contributed by atoms with Gasteiger partial charge in [0.2, 0.25) is 5.89 Å². The van der Waals surface area contributed by atoms with E-state index < -0.39 is 5.97 Å². The molecule has 1 aromatic rings. The van der Waals surface area contributed by atoms with Gasteiger partial charge >= 0.3 is 5.97 Å². The van der Waals surface area contributed by atoms with Crippen LogP contribution in [0.15, 0.2) is 4.52 Å². The summed E-state index contributed by atoms with van der Waals surface area (Å²) >= 11 is 0. The molecule has 2 heterocycles. The van der Waals surface area contributed by atoms with Crippen LogP contribution in [0.4, 0.5) is 0 Å². The third kappa shape index (κ3) is 3.36. The van der Waals surface area contributed by atoms with Crippen LogP contribution in [0.25, 0.3) is 0 Å². The first-order valence-electron chi connectivity index (χ1n) is 7.50. The molecule has 1 aliphatic carbocycles. The molecule has 1 atom stereocenters. The monoisotopic (exact) mass is 279 g/mol. The smallest absolute Gasteiger partial charge is 0.303 e. The van der Waals surface area contributed by atoms with Crippen LogP contribution >= 0.6 is 0 Å².